The van der Waals surface area contributed by atoms with Crippen LogP contribution < -0.4 is 9.46 Å². The van der Waals surface area contributed by atoms with Crippen molar-refractivity contribution in [1.82, 2.24) is 4.72 Å². The van der Waals surface area contributed by atoms with Gasteiger partial charge in [0, 0.05) is 6.42 Å². The van der Waals surface area contributed by atoms with Crippen LogP contribution in [0.15, 0.2) is 60.7 Å². The lowest BCUT2D eigenvalue weighted by atomic mass is 9.95. The molecule has 1 fully saturated rings. The molecule has 2 aliphatic rings. The van der Waals surface area contributed by atoms with Crippen molar-refractivity contribution in [1.29, 1.82) is 5.26 Å². The molecule has 7 heteroatoms. The molecular formula is C25H20N2O4S. The molecule has 0 bridgehead atoms. The van der Waals surface area contributed by atoms with Crippen LogP contribution in [0.5, 0.6) is 11.5 Å². The minimum atomic E-state index is -1.38. The zero-order valence-corrected chi connectivity index (χ0v) is 17.9. The van der Waals surface area contributed by atoms with E-state index in [-0.39, 0.29) is 35.0 Å². The summed E-state index contributed by atoms with van der Waals surface area (Å²) in [6.45, 7) is 0. The Balaban J connectivity index is 1.37. The van der Waals surface area contributed by atoms with E-state index in [1.807, 2.05) is 48.5 Å². The number of nitriles is 1. The smallest absolute Gasteiger partial charge is 0.233 e. The van der Waals surface area contributed by atoms with Gasteiger partial charge in [0.1, 0.15) is 34.7 Å². The Bertz CT molecular complexity index is 1280. The lowest BCUT2D eigenvalue weighted by Gasteiger charge is -2.17. The molecule has 5 rings (SSSR count). The summed E-state index contributed by atoms with van der Waals surface area (Å²) in [5, 5.41) is 18.8. The van der Waals surface area contributed by atoms with Crippen LogP contribution in [-0.4, -0.2) is 15.2 Å². The van der Waals surface area contributed by atoms with Gasteiger partial charge < -0.3 is 9.84 Å². The quantitative estimate of drug-likeness (QED) is 0.628. The van der Waals surface area contributed by atoms with Crippen LogP contribution in [-0.2, 0) is 22.2 Å². The molecule has 0 spiro atoms. The van der Waals surface area contributed by atoms with Crippen molar-refractivity contribution < 1.29 is 18.8 Å². The van der Waals surface area contributed by atoms with E-state index in [4.69, 9.17) is 10.00 Å². The summed E-state index contributed by atoms with van der Waals surface area (Å²) in [4.78, 5) is 11.5. The SMILES string of the molecule is N#Cc1ccc(-c2cccc3c2CC[C@H]3Oc2ccc(C3CC(=O)NS3=O)cc2)cc1O. The number of nitrogens with zero attached hydrogens (tertiary/aromatic N) is 1. The van der Waals surface area contributed by atoms with Gasteiger partial charge in [-0.3, -0.25) is 9.52 Å². The fourth-order valence-corrected chi connectivity index (χ4v) is 5.60. The largest absolute Gasteiger partial charge is 0.507 e. The Morgan fingerprint density at radius 2 is 1.94 bits per heavy atom. The summed E-state index contributed by atoms with van der Waals surface area (Å²) < 4.78 is 20.7. The summed E-state index contributed by atoms with van der Waals surface area (Å²) in [5.74, 6) is 0.507. The molecule has 2 unspecified atom stereocenters. The highest BCUT2D eigenvalue weighted by molar-refractivity contribution is 7.84. The van der Waals surface area contributed by atoms with Crippen LogP contribution in [0.1, 0.15) is 46.4 Å². The third kappa shape index (κ3) is 3.63. The monoisotopic (exact) mass is 444 g/mol. The van der Waals surface area contributed by atoms with Crippen molar-refractivity contribution in [2.45, 2.75) is 30.6 Å². The average molecular weight is 445 g/mol. The van der Waals surface area contributed by atoms with Crippen molar-refractivity contribution in [2.75, 3.05) is 0 Å². The molecule has 2 N–H and O–H groups in total. The van der Waals surface area contributed by atoms with Gasteiger partial charge in [0.2, 0.25) is 5.91 Å². The molecular weight excluding hydrogens is 424 g/mol. The molecule has 0 saturated carbocycles. The maximum Gasteiger partial charge on any atom is 0.233 e. The molecule has 1 amide bonds. The first-order valence-electron chi connectivity index (χ1n) is 10.4. The number of amides is 1. The van der Waals surface area contributed by atoms with Crippen molar-refractivity contribution >= 4 is 16.9 Å². The number of phenolic OH excluding ortho intramolecular Hbond substituents is 1. The number of carbonyl (C=O) groups excluding carboxylic acids is 1. The minimum Gasteiger partial charge on any atom is -0.507 e. The topological polar surface area (TPSA) is 99.4 Å². The van der Waals surface area contributed by atoms with Gasteiger partial charge in [-0.1, -0.05) is 36.4 Å². The highest BCUT2D eigenvalue weighted by Gasteiger charge is 2.31. The number of rotatable bonds is 4. The first-order chi connectivity index (χ1) is 15.5. The van der Waals surface area contributed by atoms with Crippen molar-refractivity contribution in [2.24, 2.45) is 0 Å². The lowest BCUT2D eigenvalue weighted by Crippen LogP contribution is -2.15. The van der Waals surface area contributed by atoms with Crippen LogP contribution in [0.2, 0.25) is 0 Å². The molecule has 3 atom stereocenters. The zero-order valence-electron chi connectivity index (χ0n) is 17.1. The molecule has 1 heterocycles. The number of fused-ring (bicyclic) bond motifs is 1. The first-order valence-corrected chi connectivity index (χ1v) is 11.6. The Hall–Kier alpha value is -3.63. The normalized spacial score (nSPS) is 21.6. The van der Waals surface area contributed by atoms with Gasteiger partial charge in [0.05, 0.1) is 10.8 Å². The molecule has 160 valence electrons. The van der Waals surface area contributed by atoms with Crippen molar-refractivity contribution in [3.8, 4) is 28.7 Å². The van der Waals surface area contributed by atoms with Crippen LogP contribution in [0.4, 0.5) is 0 Å². The number of benzene rings is 3. The standard InChI is InChI=1S/C25H20N2O4S/c26-14-17-5-4-16(12-22(17)28)19-2-1-3-21-20(19)10-11-23(21)31-18-8-6-15(7-9-18)24-13-25(29)27-32(24)30/h1-9,12,23-24,28H,10-11,13H2,(H,27,29)/t23-,24?,32?/m1/s1. The van der Waals surface area contributed by atoms with E-state index in [0.29, 0.717) is 0 Å². The summed E-state index contributed by atoms with van der Waals surface area (Å²) in [5.41, 5.74) is 5.31. The highest BCUT2D eigenvalue weighted by atomic mass is 32.2. The maximum atomic E-state index is 12.0. The zero-order chi connectivity index (χ0) is 22.2. The summed E-state index contributed by atoms with van der Waals surface area (Å²) in [6.07, 6.45) is 1.83. The number of hydrogen-bond acceptors (Lipinski definition) is 5. The van der Waals surface area contributed by atoms with Crippen molar-refractivity contribution in [3.63, 3.8) is 0 Å². The van der Waals surface area contributed by atoms with Crippen LogP contribution in [0, 0.1) is 11.3 Å². The summed E-state index contributed by atoms with van der Waals surface area (Å²) >= 11 is 0. The molecule has 32 heavy (non-hydrogen) atoms. The highest BCUT2D eigenvalue weighted by Crippen LogP contribution is 2.41. The molecule has 1 aliphatic heterocycles. The second-order valence-corrected chi connectivity index (χ2v) is 9.31. The third-order valence-electron chi connectivity index (χ3n) is 6.02. The van der Waals surface area contributed by atoms with E-state index in [1.165, 1.54) is 5.56 Å². The average Bonchev–Trinajstić information content (AvgIpc) is 3.36. The van der Waals surface area contributed by atoms with E-state index >= 15 is 0 Å². The fourth-order valence-electron chi connectivity index (χ4n) is 4.44. The van der Waals surface area contributed by atoms with Crippen LogP contribution in [0.3, 0.4) is 0 Å². The van der Waals surface area contributed by atoms with Gasteiger partial charge >= 0.3 is 0 Å². The number of nitrogens with one attached hydrogen (secondary N) is 1. The van der Waals surface area contributed by atoms with Crippen LogP contribution >= 0.6 is 0 Å². The second kappa shape index (κ2) is 8.13. The maximum absolute atomic E-state index is 12.0. The van der Waals surface area contributed by atoms with E-state index < -0.39 is 11.0 Å². The molecule has 3 aromatic carbocycles. The Morgan fingerprint density at radius 3 is 2.62 bits per heavy atom. The number of hydrogen-bond donors (Lipinski definition) is 2. The van der Waals surface area contributed by atoms with Gasteiger partial charge in [-0.15, -0.1) is 0 Å². The lowest BCUT2D eigenvalue weighted by molar-refractivity contribution is -0.118. The number of carbonyl (C=O) groups is 1. The number of phenols is 1. The molecule has 1 saturated heterocycles. The number of aromatic hydroxyl groups is 1. The fraction of sp³-hybridized carbons (Fsp3) is 0.200. The van der Waals surface area contributed by atoms with Gasteiger partial charge in [0.25, 0.3) is 0 Å². The van der Waals surface area contributed by atoms with Crippen molar-refractivity contribution in [3.05, 3.63) is 82.9 Å². The van der Waals surface area contributed by atoms with E-state index in [0.717, 1.165) is 40.8 Å². The molecule has 0 aromatic heterocycles. The predicted molar refractivity (Wildman–Crippen MR) is 120 cm³/mol. The predicted octanol–water partition coefficient (Wildman–Crippen LogP) is 4.22. The molecule has 1 aliphatic carbocycles. The Morgan fingerprint density at radius 1 is 1.12 bits per heavy atom. The Labute approximate surface area is 188 Å². The molecule has 0 radical (unpaired) electrons. The van der Waals surface area contributed by atoms with Gasteiger partial charge in [-0.05, 0) is 64.9 Å². The van der Waals surface area contributed by atoms with Gasteiger partial charge in [0.15, 0.2) is 0 Å². The molecule has 6 nitrogen and oxygen atoms in total. The van der Waals surface area contributed by atoms with Gasteiger partial charge in [-0.2, -0.15) is 5.26 Å². The third-order valence-corrected chi connectivity index (χ3v) is 7.40. The van der Waals surface area contributed by atoms with Gasteiger partial charge in [-0.25, -0.2) is 4.21 Å². The van der Waals surface area contributed by atoms with E-state index in [1.54, 1.807) is 12.1 Å². The van der Waals surface area contributed by atoms with E-state index in [9.17, 15) is 14.1 Å². The summed E-state index contributed by atoms with van der Waals surface area (Å²) in [6, 6.07) is 20.6. The summed E-state index contributed by atoms with van der Waals surface area (Å²) in [7, 11) is -1.38. The van der Waals surface area contributed by atoms with Crippen LogP contribution in [0.25, 0.3) is 11.1 Å². The number of ether oxygens (including phenoxy) is 1. The van der Waals surface area contributed by atoms with E-state index in [2.05, 4.69) is 10.8 Å². The molecule has 3 aromatic rings. The first kappa shape index (κ1) is 20.3. The second-order valence-electron chi connectivity index (χ2n) is 7.95. The Kier molecular flexibility index (Phi) is 5.16. The minimum absolute atomic E-state index is 0.0198.